The Morgan fingerprint density at radius 3 is 2.00 bits per heavy atom. The summed E-state index contributed by atoms with van der Waals surface area (Å²) in [5.41, 5.74) is 0. The Hall–Kier alpha value is -0.0400. The normalized spacial score (nSPS) is 15.2. The highest BCUT2D eigenvalue weighted by atomic mass is 14.9. The molecule has 0 fully saturated rings. The van der Waals surface area contributed by atoms with Crippen LogP contribution in [0.15, 0.2) is 0 Å². The molecule has 0 amide bonds. The van der Waals surface area contributed by atoms with Crippen LogP contribution in [0.25, 0.3) is 0 Å². The quantitative estimate of drug-likeness (QED) is 0.568. The average molecular weight is 213 g/mol. The van der Waals surface area contributed by atoms with Gasteiger partial charge in [-0.15, -0.1) is 0 Å². The third-order valence-electron chi connectivity index (χ3n) is 3.11. The summed E-state index contributed by atoms with van der Waals surface area (Å²) in [6.07, 6.45) is 9.41. The Morgan fingerprint density at radius 2 is 1.47 bits per heavy atom. The maximum atomic E-state index is 3.67. The number of hydrogen-bond acceptors (Lipinski definition) is 1. The van der Waals surface area contributed by atoms with E-state index in [0.29, 0.717) is 0 Å². The van der Waals surface area contributed by atoms with E-state index in [0.717, 1.165) is 12.0 Å². The largest absolute Gasteiger partial charge is 0.314 e. The molecular weight excluding hydrogens is 182 g/mol. The van der Waals surface area contributed by atoms with Crippen molar-refractivity contribution in [2.75, 3.05) is 6.54 Å². The van der Waals surface area contributed by atoms with Crippen molar-refractivity contribution in [3.05, 3.63) is 0 Å². The monoisotopic (exact) mass is 213 g/mol. The fourth-order valence-corrected chi connectivity index (χ4v) is 2.17. The Bertz CT molecular complexity index is 123. The maximum absolute atomic E-state index is 3.67. The van der Waals surface area contributed by atoms with Crippen molar-refractivity contribution < 1.29 is 0 Å². The van der Waals surface area contributed by atoms with E-state index in [-0.39, 0.29) is 0 Å². The van der Waals surface area contributed by atoms with Gasteiger partial charge in [0.05, 0.1) is 0 Å². The second kappa shape index (κ2) is 10.5. The molecule has 0 aromatic heterocycles. The minimum atomic E-state index is 0.772. The summed E-state index contributed by atoms with van der Waals surface area (Å²) in [5.74, 6) is 0.915. The van der Waals surface area contributed by atoms with E-state index in [1.165, 1.54) is 51.5 Å². The van der Waals surface area contributed by atoms with Gasteiger partial charge < -0.3 is 5.32 Å². The number of hydrogen-bond donors (Lipinski definition) is 1. The zero-order valence-corrected chi connectivity index (χ0v) is 11.3. The molecule has 0 aromatic rings. The summed E-state index contributed by atoms with van der Waals surface area (Å²) in [4.78, 5) is 0. The Morgan fingerprint density at radius 1 is 0.800 bits per heavy atom. The van der Waals surface area contributed by atoms with E-state index in [4.69, 9.17) is 0 Å². The van der Waals surface area contributed by atoms with Crippen molar-refractivity contribution in [3.63, 3.8) is 0 Å². The van der Waals surface area contributed by atoms with Gasteiger partial charge in [0.1, 0.15) is 0 Å². The highest BCUT2D eigenvalue weighted by Crippen LogP contribution is 2.15. The minimum absolute atomic E-state index is 0.772. The van der Waals surface area contributed by atoms with E-state index < -0.39 is 0 Å². The van der Waals surface area contributed by atoms with Crippen molar-refractivity contribution in [1.82, 2.24) is 5.32 Å². The molecule has 2 atom stereocenters. The number of nitrogens with one attached hydrogen (secondary N) is 1. The zero-order valence-electron chi connectivity index (χ0n) is 11.3. The second-order valence-electron chi connectivity index (χ2n) is 4.91. The Labute approximate surface area is 97.0 Å². The van der Waals surface area contributed by atoms with Gasteiger partial charge in [-0.1, -0.05) is 47.0 Å². The first-order chi connectivity index (χ1) is 7.24. The molecule has 0 heterocycles. The van der Waals surface area contributed by atoms with Crippen LogP contribution in [0, 0.1) is 5.92 Å². The van der Waals surface area contributed by atoms with E-state index in [2.05, 4.69) is 33.0 Å². The van der Waals surface area contributed by atoms with Gasteiger partial charge in [0, 0.05) is 6.04 Å². The third kappa shape index (κ3) is 8.92. The summed E-state index contributed by atoms with van der Waals surface area (Å²) in [7, 11) is 0. The number of rotatable bonds is 10. The summed E-state index contributed by atoms with van der Waals surface area (Å²) >= 11 is 0. The van der Waals surface area contributed by atoms with Crippen LogP contribution in [0.4, 0.5) is 0 Å². The van der Waals surface area contributed by atoms with Crippen LogP contribution in [-0.4, -0.2) is 12.6 Å². The van der Waals surface area contributed by atoms with Crippen molar-refractivity contribution in [3.8, 4) is 0 Å². The van der Waals surface area contributed by atoms with Gasteiger partial charge in [0.25, 0.3) is 0 Å². The van der Waals surface area contributed by atoms with E-state index in [1.807, 2.05) is 0 Å². The molecular formula is C14H31N. The molecule has 1 nitrogen and oxygen atoms in total. The predicted molar refractivity (Wildman–Crippen MR) is 70.3 cm³/mol. The lowest BCUT2D eigenvalue weighted by Crippen LogP contribution is -2.30. The molecule has 0 radical (unpaired) electrons. The zero-order chi connectivity index (χ0) is 11.5. The van der Waals surface area contributed by atoms with Gasteiger partial charge in [0.15, 0.2) is 0 Å². The van der Waals surface area contributed by atoms with E-state index >= 15 is 0 Å². The average Bonchev–Trinajstić information content (AvgIpc) is 2.22. The Kier molecular flexibility index (Phi) is 10.4. The fourth-order valence-electron chi connectivity index (χ4n) is 2.17. The lowest BCUT2D eigenvalue weighted by atomic mass is 9.96. The van der Waals surface area contributed by atoms with Gasteiger partial charge in [-0.25, -0.2) is 0 Å². The lowest BCUT2D eigenvalue weighted by Gasteiger charge is -2.19. The molecule has 0 aliphatic heterocycles. The van der Waals surface area contributed by atoms with Gasteiger partial charge in [-0.2, -0.15) is 0 Å². The standard InChI is InChI=1S/C14H31N/c1-5-8-13(4)10-11-14(9-6-2)15-12-7-3/h13-15H,5-12H2,1-4H3. The minimum Gasteiger partial charge on any atom is -0.314 e. The molecule has 0 rings (SSSR count). The van der Waals surface area contributed by atoms with Gasteiger partial charge in [-0.05, 0) is 38.1 Å². The topological polar surface area (TPSA) is 12.0 Å². The third-order valence-corrected chi connectivity index (χ3v) is 3.11. The molecule has 0 aliphatic carbocycles. The van der Waals surface area contributed by atoms with Gasteiger partial charge in [-0.3, -0.25) is 0 Å². The van der Waals surface area contributed by atoms with Crippen LogP contribution in [0.5, 0.6) is 0 Å². The summed E-state index contributed by atoms with van der Waals surface area (Å²) in [6.45, 7) is 10.4. The molecule has 0 saturated carbocycles. The first kappa shape index (κ1) is 15.0. The van der Waals surface area contributed by atoms with Crippen molar-refractivity contribution in [1.29, 1.82) is 0 Å². The Balaban J connectivity index is 3.63. The molecule has 0 spiro atoms. The fraction of sp³-hybridized carbons (Fsp3) is 1.00. The summed E-state index contributed by atoms with van der Waals surface area (Å²) < 4.78 is 0. The molecule has 1 N–H and O–H groups in total. The highest BCUT2D eigenvalue weighted by molar-refractivity contribution is 4.67. The smallest absolute Gasteiger partial charge is 0.00670 e. The molecule has 2 unspecified atom stereocenters. The van der Waals surface area contributed by atoms with E-state index in [1.54, 1.807) is 0 Å². The predicted octanol–water partition coefficient (Wildman–Crippen LogP) is 4.37. The van der Waals surface area contributed by atoms with Crippen LogP contribution >= 0.6 is 0 Å². The van der Waals surface area contributed by atoms with Gasteiger partial charge in [0.2, 0.25) is 0 Å². The van der Waals surface area contributed by atoms with Crippen molar-refractivity contribution in [2.45, 2.75) is 78.7 Å². The SMILES string of the molecule is CCCNC(CCC)CCC(C)CCC. The summed E-state index contributed by atoms with van der Waals surface area (Å²) in [5, 5.41) is 3.67. The molecule has 0 aliphatic rings. The van der Waals surface area contributed by atoms with Crippen molar-refractivity contribution >= 4 is 0 Å². The molecule has 0 saturated heterocycles. The lowest BCUT2D eigenvalue weighted by molar-refractivity contribution is 0.384. The van der Waals surface area contributed by atoms with Crippen LogP contribution in [0.3, 0.4) is 0 Å². The first-order valence-corrected chi connectivity index (χ1v) is 6.97. The second-order valence-corrected chi connectivity index (χ2v) is 4.91. The molecule has 0 aromatic carbocycles. The highest BCUT2D eigenvalue weighted by Gasteiger charge is 2.08. The van der Waals surface area contributed by atoms with Crippen LogP contribution in [0.1, 0.15) is 72.6 Å². The van der Waals surface area contributed by atoms with Crippen LogP contribution in [0.2, 0.25) is 0 Å². The van der Waals surface area contributed by atoms with Crippen LogP contribution < -0.4 is 5.32 Å². The van der Waals surface area contributed by atoms with Gasteiger partial charge >= 0.3 is 0 Å². The summed E-state index contributed by atoms with van der Waals surface area (Å²) in [6, 6.07) is 0.772. The van der Waals surface area contributed by atoms with Crippen LogP contribution in [-0.2, 0) is 0 Å². The molecule has 15 heavy (non-hydrogen) atoms. The molecule has 0 bridgehead atoms. The molecule has 92 valence electrons. The van der Waals surface area contributed by atoms with E-state index in [9.17, 15) is 0 Å². The van der Waals surface area contributed by atoms with Crippen molar-refractivity contribution in [2.24, 2.45) is 5.92 Å². The molecule has 1 heteroatoms. The maximum Gasteiger partial charge on any atom is 0.00670 e. The first-order valence-electron chi connectivity index (χ1n) is 6.97.